The number of nitrogens with zero attached hydrogens (tertiary/aromatic N) is 3. The van der Waals surface area contributed by atoms with Crippen molar-refractivity contribution in [3.05, 3.63) is 65.7 Å². The molecule has 0 bridgehead atoms. The molecule has 0 spiro atoms. The number of aryl methyl sites for hydroxylation is 1. The molecule has 0 saturated heterocycles. The highest BCUT2D eigenvalue weighted by molar-refractivity contribution is 8.15. The number of amides is 1. The van der Waals surface area contributed by atoms with Crippen LogP contribution in [0.5, 0.6) is 5.75 Å². The summed E-state index contributed by atoms with van der Waals surface area (Å²) in [4.78, 5) is 17.0. The maximum atomic E-state index is 12.5. The molecule has 2 aromatic rings. The second-order valence-corrected chi connectivity index (χ2v) is 9.11. The Kier molecular flexibility index (Phi) is 6.93. The van der Waals surface area contributed by atoms with E-state index in [1.54, 1.807) is 31.4 Å². The first kappa shape index (κ1) is 22.8. The normalized spacial score (nSPS) is 19.8. The van der Waals surface area contributed by atoms with E-state index in [2.05, 4.69) is 33.2 Å². The molecular formula is C25H26N4O3S. The van der Waals surface area contributed by atoms with E-state index >= 15 is 0 Å². The van der Waals surface area contributed by atoms with Gasteiger partial charge in [-0.25, -0.2) is 4.99 Å². The lowest BCUT2D eigenvalue weighted by atomic mass is 9.90. The number of aliphatic imine (C=N–C) groups is 1. The van der Waals surface area contributed by atoms with E-state index < -0.39 is 0 Å². The van der Waals surface area contributed by atoms with Gasteiger partial charge >= 0.3 is 0 Å². The number of carbonyl (C=O) groups is 1. The third-order valence-electron chi connectivity index (χ3n) is 5.60. The number of hydrogen-bond donors (Lipinski definition) is 2. The maximum absolute atomic E-state index is 12.5. The van der Waals surface area contributed by atoms with Gasteiger partial charge in [-0.3, -0.25) is 4.79 Å². The molecule has 0 saturated carbocycles. The van der Waals surface area contributed by atoms with Crippen molar-refractivity contribution in [3.8, 4) is 5.75 Å². The van der Waals surface area contributed by atoms with Gasteiger partial charge in [-0.05, 0) is 74.2 Å². The summed E-state index contributed by atoms with van der Waals surface area (Å²) >= 11 is 1.45. The predicted molar refractivity (Wildman–Crippen MR) is 136 cm³/mol. The van der Waals surface area contributed by atoms with Crippen LogP contribution in [-0.2, 0) is 11.2 Å². The highest BCUT2D eigenvalue weighted by Gasteiger charge is 2.26. The quantitative estimate of drug-likeness (QED) is 0.454. The van der Waals surface area contributed by atoms with Crippen LogP contribution in [0, 0.1) is 0 Å². The van der Waals surface area contributed by atoms with Crippen molar-refractivity contribution in [3.63, 3.8) is 0 Å². The van der Waals surface area contributed by atoms with Crippen LogP contribution in [0.2, 0.25) is 0 Å². The van der Waals surface area contributed by atoms with Gasteiger partial charge in [-0.1, -0.05) is 18.3 Å². The fourth-order valence-electron chi connectivity index (χ4n) is 3.80. The van der Waals surface area contributed by atoms with Crippen molar-refractivity contribution < 1.29 is 14.6 Å². The Labute approximate surface area is 197 Å². The first-order chi connectivity index (χ1) is 15.9. The summed E-state index contributed by atoms with van der Waals surface area (Å²) < 4.78 is 5.33. The highest BCUT2D eigenvalue weighted by atomic mass is 32.2. The lowest BCUT2D eigenvalue weighted by Gasteiger charge is -2.17. The summed E-state index contributed by atoms with van der Waals surface area (Å²) in [5.41, 5.74) is 5.43. The number of methoxy groups -OCH3 is 1. The predicted octanol–water partition coefficient (Wildman–Crippen LogP) is 5.23. The second-order valence-electron chi connectivity index (χ2n) is 7.94. The largest absolute Gasteiger partial charge is 0.508 e. The van der Waals surface area contributed by atoms with Crippen LogP contribution >= 0.6 is 11.8 Å². The van der Waals surface area contributed by atoms with E-state index in [1.807, 2.05) is 19.1 Å². The minimum absolute atomic E-state index is 0.00564. The molecule has 0 fully saturated rings. The Bertz CT molecular complexity index is 1170. The van der Waals surface area contributed by atoms with Crippen LogP contribution in [0.3, 0.4) is 0 Å². The van der Waals surface area contributed by atoms with Gasteiger partial charge in [0.2, 0.25) is 11.1 Å². The third kappa shape index (κ3) is 5.51. The van der Waals surface area contributed by atoms with E-state index in [0.717, 1.165) is 42.0 Å². The molecule has 1 atom stereocenters. The number of aliphatic hydroxyl groups excluding tert-OH is 1. The van der Waals surface area contributed by atoms with E-state index in [4.69, 9.17) is 4.74 Å². The molecule has 8 heteroatoms. The van der Waals surface area contributed by atoms with Crippen molar-refractivity contribution in [2.45, 2.75) is 37.9 Å². The molecule has 1 aliphatic heterocycles. The zero-order valence-corrected chi connectivity index (χ0v) is 19.5. The molecule has 1 unspecified atom stereocenters. The molecule has 7 nitrogen and oxygen atoms in total. The second kappa shape index (κ2) is 10.0. The van der Waals surface area contributed by atoms with Gasteiger partial charge in [0.1, 0.15) is 11.5 Å². The molecule has 4 rings (SSSR count). The van der Waals surface area contributed by atoms with Crippen molar-refractivity contribution in [2.24, 2.45) is 15.2 Å². The Morgan fingerprint density at radius 1 is 1.24 bits per heavy atom. The Morgan fingerprint density at radius 3 is 2.76 bits per heavy atom. The standard InChI is InChI=1S/C25H26N4O3S/c1-15-23(14-24(31)27-19-9-7-17(8-10-19)16(2)30)33-25(26-15)29-28-22-6-4-5-18-13-20(32-3)11-12-21(18)22/h7-13,23,30H,2,4-6,14H2,1,3H3,(H,27,31)/b28-22+,29-25-. The van der Waals surface area contributed by atoms with Gasteiger partial charge in [-0.2, -0.15) is 5.10 Å². The van der Waals surface area contributed by atoms with Crippen LogP contribution in [0.15, 0.2) is 64.2 Å². The van der Waals surface area contributed by atoms with E-state index in [0.29, 0.717) is 16.4 Å². The van der Waals surface area contributed by atoms with Crippen molar-refractivity contribution in [2.75, 3.05) is 12.4 Å². The minimum Gasteiger partial charge on any atom is -0.508 e. The number of rotatable bonds is 6. The van der Waals surface area contributed by atoms with Crippen molar-refractivity contribution in [1.29, 1.82) is 0 Å². The first-order valence-corrected chi connectivity index (χ1v) is 11.6. The monoisotopic (exact) mass is 462 g/mol. The molecule has 170 valence electrons. The molecule has 2 aliphatic rings. The van der Waals surface area contributed by atoms with E-state index in [-0.39, 0.29) is 23.3 Å². The van der Waals surface area contributed by atoms with Gasteiger partial charge in [0.25, 0.3) is 0 Å². The highest BCUT2D eigenvalue weighted by Crippen LogP contribution is 2.29. The number of nitrogens with one attached hydrogen (secondary N) is 1. The summed E-state index contributed by atoms with van der Waals surface area (Å²) in [5, 5.41) is 21.7. The number of fused-ring (bicyclic) bond motifs is 1. The minimum atomic E-state index is -0.111. The summed E-state index contributed by atoms with van der Waals surface area (Å²) in [5.74, 6) is 0.734. The topological polar surface area (TPSA) is 95.6 Å². The Hall–Kier alpha value is -3.39. The molecule has 1 amide bonds. The number of ether oxygens (including phenoxy) is 1. The Morgan fingerprint density at radius 2 is 2.03 bits per heavy atom. The summed E-state index contributed by atoms with van der Waals surface area (Å²) in [6, 6.07) is 12.9. The van der Waals surface area contributed by atoms with Crippen LogP contribution < -0.4 is 10.1 Å². The number of aliphatic hydroxyl groups is 1. The van der Waals surface area contributed by atoms with Crippen molar-refractivity contribution >= 4 is 45.7 Å². The summed E-state index contributed by atoms with van der Waals surface area (Å²) in [6.45, 7) is 5.40. The lowest BCUT2D eigenvalue weighted by molar-refractivity contribution is -0.116. The molecule has 2 aromatic carbocycles. The molecular weight excluding hydrogens is 436 g/mol. The smallest absolute Gasteiger partial charge is 0.225 e. The fraction of sp³-hybridized carbons (Fsp3) is 0.280. The zero-order chi connectivity index (χ0) is 23.4. The van der Waals surface area contributed by atoms with E-state index in [9.17, 15) is 9.90 Å². The SMILES string of the molecule is C=C(O)c1ccc(NC(=O)CC2S/C(=N\N=C3/CCCc4cc(OC)ccc43)N=C2C)cc1. The fourth-order valence-corrected chi connectivity index (χ4v) is 4.79. The van der Waals surface area contributed by atoms with Gasteiger partial charge in [0.15, 0.2) is 0 Å². The molecule has 1 aliphatic carbocycles. The third-order valence-corrected chi connectivity index (χ3v) is 6.77. The van der Waals surface area contributed by atoms with Gasteiger partial charge in [0, 0.05) is 28.9 Å². The Balaban J connectivity index is 1.39. The van der Waals surface area contributed by atoms with Crippen LogP contribution in [0.4, 0.5) is 5.69 Å². The number of carbonyl (C=O) groups excluding carboxylic acids is 1. The molecule has 0 radical (unpaired) electrons. The summed E-state index contributed by atoms with van der Waals surface area (Å²) in [6.07, 6.45) is 3.18. The average Bonchev–Trinajstić information content (AvgIpc) is 3.16. The molecule has 2 N–H and O–H groups in total. The number of hydrogen-bond acceptors (Lipinski definition) is 6. The van der Waals surface area contributed by atoms with Crippen molar-refractivity contribution in [1.82, 2.24) is 0 Å². The number of benzene rings is 2. The van der Waals surface area contributed by atoms with Gasteiger partial charge in [0.05, 0.1) is 18.1 Å². The summed E-state index contributed by atoms with van der Waals surface area (Å²) in [7, 11) is 1.67. The molecule has 0 aromatic heterocycles. The molecule has 33 heavy (non-hydrogen) atoms. The van der Waals surface area contributed by atoms with Crippen LogP contribution in [0.25, 0.3) is 5.76 Å². The maximum Gasteiger partial charge on any atom is 0.225 e. The average molecular weight is 463 g/mol. The zero-order valence-electron chi connectivity index (χ0n) is 18.7. The van der Waals surface area contributed by atoms with Gasteiger partial charge in [-0.15, -0.1) is 5.10 Å². The lowest BCUT2D eigenvalue weighted by Crippen LogP contribution is -2.21. The van der Waals surface area contributed by atoms with Crippen LogP contribution in [-0.4, -0.2) is 40.0 Å². The van der Waals surface area contributed by atoms with Gasteiger partial charge < -0.3 is 15.2 Å². The van der Waals surface area contributed by atoms with E-state index in [1.165, 1.54) is 17.3 Å². The number of amidine groups is 1. The molecule has 1 heterocycles. The first-order valence-electron chi connectivity index (χ1n) is 10.7. The number of anilines is 1. The number of thioether (sulfide) groups is 1. The van der Waals surface area contributed by atoms with Crippen LogP contribution in [0.1, 0.15) is 42.9 Å².